The lowest BCUT2D eigenvalue weighted by Gasteiger charge is -2.11. The van der Waals surface area contributed by atoms with Crippen LogP contribution in [0.5, 0.6) is 17.2 Å². The first-order valence-corrected chi connectivity index (χ1v) is 11.3. The Labute approximate surface area is 200 Å². The topological polar surface area (TPSA) is 58.6 Å². The fourth-order valence-electron chi connectivity index (χ4n) is 2.23. The number of amides is 1. The first kappa shape index (κ1) is 20.9. The van der Waals surface area contributed by atoms with E-state index in [1.807, 2.05) is 40.8 Å². The van der Waals surface area contributed by atoms with Crippen LogP contribution in [0, 0.1) is 7.14 Å². The lowest BCUT2D eigenvalue weighted by Crippen LogP contribution is -2.12. The van der Waals surface area contributed by atoms with E-state index >= 15 is 0 Å². The van der Waals surface area contributed by atoms with Gasteiger partial charge in [-0.3, -0.25) is 4.79 Å². The average Bonchev–Trinajstić information content (AvgIpc) is 2.62. The molecule has 0 radical (unpaired) electrons. The van der Waals surface area contributed by atoms with Gasteiger partial charge >= 0.3 is 0 Å². The van der Waals surface area contributed by atoms with Gasteiger partial charge in [-0.25, -0.2) is 0 Å². The minimum Gasteiger partial charge on any atom is -0.506 e. The quantitative estimate of drug-likeness (QED) is 0.282. The molecule has 0 aliphatic rings. The second-order valence-electron chi connectivity index (χ2n) is 5.44. The zero-order valence-corrected chi connectivity index (χ0v) is 21.0. The number of carbonyl (C=O) groups is 1. The number of aromatic hydroxyl groups is 1. The maximum Gasteiger partial charge on any atom is 0.259 e. The predicted octanol–water partition coefficient (Wildman–Crippen LogP) is 7.17. The van der Waals surface area contributed by atoms with Gasteiger partial charge in [-0.1, -0.05) is 15.9 Å². The van der Waals surface area contributed by atoms with Crippen molar-refractivity contribution in [3.63, 3.8) is 0 Å². The van der Waals surface area contributed by atoms with E-state index in [1.54, 1.807) is 36.4 Å². The molecular weight excluding hydrogens is 704 g/mol. The summed E-state index contributed by atoms with van der Waals surface area (Å²) in [5.74, 6) is 0.942. The Morgan fingerprint density at radius 2 is 1.70 bits per heavy atom. The second kappa shape index (κ2) is 9.10. The van der Waals surface area contributed by atoms with Crippen molar-refractivity contribution in [3.05, 3.63) is 76.2 Å². The van der Waals surface area contributed by atoms with Crippen LogP contribution >= 0.6 is 77.0 Å². The highest BCUT2D eigenvalue weighted by atomic mass is 127. The van der Waals surface area contributed by atoms with Crippen LogP contribution in [0.15, 0.2) is 63.5 Å². The van der Waals surface area contributed by atoms with E-state index in [-0.39, 0.29) is 17.2 Å². The molecule has 0 unspecified atom stereocenters. The summed E-state index contributed by atoms with van der Waals surface area (Å²) in [6, 6.07) is 16.1. The van der Waals surface area contributed by atoms with Gasteiger partial charge in [0, 0.05) is 13.7 Å². The molecule has 0 aliphatic heterocycles. The van der Waals surface area contributed by atoms with Crippen LogP contribution < -0.4 is 10.1 Å². The molecule has 3 aromatic rings. The molecule has 27 heavy (non-hydrogen) atoms. The number of phenolic OH excluding ortho intramolecular Hbond substituents is 1. The number of benzene rings is 3. The van der Waals surface area contributed by atoms with E-state index in [0.29, 0.717) is 20.8 Å². The van der Waals surface area contributed by atoms with Crippen LogP contribution in [-0.2, 0) is 0 Å². The summed E-state index contributed by atoms with van der Waals surface area (Å²) in [4.78, 5) is 12.5. The summed E-state index contributed by atoms with van der Waals surface area (Å²) in [6.07, 6.45) is 0. The van der Waals surface area contributed by atoms with E-state index in [0.717, 1.165) is 12.5 Å². The molecule has 0 spiro atoms. The molecule has 0 atom stereocenters. The lowest BCUT2D eigenvalue weighted by molar-refractivity contribution is 0.102. The standard InChI is InChI=1S/C19H11Br2I2NO3/c20-10-1-6-17(15(21)7-10)27-13-4-2-12(3-5-13)24-19(26)14-8-11(22)9-16(23)18(14)25/h1-9,25H,(H,24,26). The van der Waals surface area contributed by atoms with Crippen LogP contribution in [0.25, 0.3) is 0 Å². The van der Waals surface area contributed by atoms with Crippen molar-refractivity contribution in [2.75, 3.05) is 5.32 Å². The normalized spacial score (nSPS) is 10.5. The zero-order valence-electron chi connectivity index (χ0n) is 13.5. The third kappa shape index (κ3) is 5.36. The SMILES string of the molecule is O=C(Nc1ccc(Oc2ccc(Br)cc2Br)cc1)c1cc(I)cc(I)c1O. The summed E-state index contributed by atoms with van der Waals surface area (Å²) in [7, 11) is 0. The maximum atomic E-state index is 12.5. The summed E-state index contributed by atoms with van der Waals surface area (Å²) >= 11 is 11.0. The Hall–Kier alpha value is -0.850. The molecular formula is C19H11Br2I2NO3. The average molecular weight is 715 g/mol. The first-order valence-electron chi connectivity index (χ1n) is 7.56. The van der Waals surface area contributed by atoms with Gasteiger partial charge in [-0.05, 0) is 116 Å². The van der Waals surface area contributed by atoms with E-state index < -0.39 is 0 Å². The van der Waals surface area contributed by atoms with E-state index in [9.17, 15) is 9.90 Å². The Morgan fingerprint density at radius 1 is 1.00 bits per heavy atom. The summed E-state index contributed by atoms with van der Waals surface area (Å²) < 4.78 is 9.13. The van der Waals surface area contributed by atoms with Crippen molar-refractivity contribution < 1.29 is 14.6 Å². The van der Waals surface area contributed by atoms with E-state index in [1.165, 1.54) is 0 Å². The van der Waals surface area contributed by atoms with E-state index in [2.05, 4.69) is 59.8 Å². The fraction of sp³-hybridized carbons (Fsp3) is 0. The van der Waals surface area contributed by atoms with Gasteiger partial charge in [-0.15, -0.1) is 0 Å². The van der Waals surface area contributed by atoms with Crippen molar-refractivity contribution in [1.82, 2.24) is 0 Å². The molecule has 3 aromatic carbocycles. The molecule has 1 amide bonds. The minimum absolute atomic E-state index is 0.0199. The molecule has 0 saturated heterocycles. The number of carbonyl (C=O) groups excluding carboxylic acids is 1. The number of phenols is 1. The number of nitrogens with one attached hydrogen (secondary N) is 1. The van der Waals surface area contributed by atoms with Crippen molar-refractivity contribution in [2.45, 2.75) is 0 Å². The van der Waals surface area contributed by atoms with Gasteiger partial charge in [0.05, 0.1) is 13.6 Å². The zero-order chi connectivity index (χ0) is 19.6. The number of rotatable bonds is 4. The highest BCUT2D eigenvalue weighted by Crippen LogP contribution is 2.33. The van der Waals surface area contributed by atoms with Crippen molar-refractivity contribution in [3.8, 4) is 17.2 Å². The predicted molar refractivity (Wildman–Crippen MR) is 130 cm³/mol. The number of ether oxygens (including phenoxy) is 1. The Kier molecular flexibility index (Phi) is 7.03. The van der Waals surface area contributed by atoms with Gasteiger partial charge < -0.3 is 15.2 Å². The van der Waals surface area contributed by atoms with Crippen LogP contribution in [-0.4, -0.2) is 11.0 Å². The Morgan fingerprint density at radius 3 is 2.37 bits per heavy atom. The first-order chi connectivity index (χ1) is 12.8. The monoisotopic (exact) mass is 713 g/mol. The van der Waals surface area contributed by atoms with Gasteiger partial charge in [0.25, 0.3) is 5.91 Å². The molecule has 0 aromatic heterocycles. The Bertz CT molecular complexity index is 1010. The van der Waals surface area contributed by atoms with Crippen molar-refractivity contribution in [2.24, 2.45) is 0 Å². The minimum atomic E-state index is -0.367. The van der Waals surface area contributed by atoms with Crippen LogP contribution in [0.1, 0.15) is 10.4 Å². The largest absolute Gasteiger partial charge is 0.506 e. The third-order valence-electron chi connectivity index (χ3n) is 3.51. The summed E-state index contributed by atoms with van der Waals surface area (Å²) in [6.45, 7) is 0. The second-order valence-corrected chi connectivity index (χ2v) is 9.62. The molecule has 0 fully saturated rings. The smallest absolute Gasteiger partial charge is 0.259 e. The highest BCUT2D eigenvalue weighted by molar-refractivity contribution is 14.1. The van der Waals surface area contributed by atoms with Crippen LogP contribution in [0.2, 0.25) is 0 Å². The molecule has 4 nitrogen and oxygen atoms in total. The molecule has 3 rings (SSSR count). The molecule has 0 aliphatic carbocycles. The number of hydrogen-bond acceptors (Lipinski definition) is 3. The van der Waals surface area contributed by atoms with Gasteiger partial charge in [0.1, 0.15) is 17.2 Å². The number of anilines is 1. The molecule has 138 valence electrons. The highest BCUT2D eigenvalue weighted by Gasteiger charge is 2.15. The number of hydrogen-bond donors (Lipinski definition) is 2. The molecule has 0 saturated carbocycles. The Balaban J connectivity index is 1.73. The van der Waals surface area contributed by atoms with Gasteiger partial charge in [0.2, 0.25) is 0 Å². The van der Waals surface area contributed by atoms with Crippen molar-refractivity contribution >= 4 is 88.6 Å². The maximum absolute atomic E-state index is 12.5. The summed E-state index contributed by atoms with van der Waals surface area (Å²) in [5, 5.41) is 12.9. The van der Waals surface area contributed by atoms with Gasteiger partial charge in [0.15, 0.2) is 0 Å². The molecule has 0 bridgehead atoms. The summed E-state index contributed by atoms with van der Waals surface area (Å²) in [5.41, 5.74) is 0.848. The fourth-order valence-corrected chi connectivity index (χ4v) is 5.20. The number of halogens is 4. The lowest BCUT2D eigenvalue weighted by atomic mass is 10.2. The molecule has 8 heteroatoms. The van der Waals surface area contributed by atoms with Crippen LogP contribution in [0.4, 0.5) is 5.69 Å². The van der Waals surface area contributed by atoms with E-state index in [4.69, 9.17) is 4.74 Å². The van der Waals surface area contributed by atoms with Gasteiger partial charge in [-0.2, -0.15) is 0 Å². The molecule has 0 heterocycles. The molecule has 2 N–H and O–H groups in total. The van der Waals surface area contributed by atoms with Crippen LogP contribution in [0.3, 0.4) is 0 Å². The van der Waals surface area contributed by atoms with Crippen molar-refractivity contribution in [1.29, 1.82) is 0 Å². The third-order valence-corrected chi connectivity index (χ3v) is 6.06.